The van der Waals surface area contributed by atoms with Crippen LogP contribution in [0.25, 0.3) is 122 Å². The van der Waals surface area contributed by atoms with Crippen LogP contribution >= 0.6 is 0 Å². The Kier molecular flexibility index (Phi) is 6.35. The third-order valence-electron chi connectivity index (χ3n) is 11.7. The predicted octanol–water partition coefficient (Wildman–Crippen LogP) is 13.8. The number of hydrogen-bond donors (Lipinski definition) is 0. The van der Waals surface area contributed by atoms with Crippen LogP contribution in [0.4, 0.5) is 0 Å². The number of benzene rings is 7. The van der Waals surface area contributed by atoms with Crippen LogP contribution in [0.15, 0.2) is 191 Å². The van der Waals surface area contributed by atoms with Gasteiger partial charge in [-0.2, -0.15) is 0 Å². The molecule has 13 rings (SSSR count). The number of aromatic nitrogens is 4. The molecule has 0 spiro atoms. The van der Waals surface area contributed by atoms with Crippen molar-refractivity contribution >= 4 is 87.5 Å². The molecule has 0 radical (unpaired) electrons. The summed E-state index contributed by atoms with van der Waals surface area (Å²) >= 11 is 0. The average Bonchev–Trinajstić information content (AvgIpc) is 4.03. The van der Waals surface area contributed by atoms with Crippen molar-refractivity contribution in [3.05, 3.63) is 182 Å². The molecular formula is C52H30N4O2. The standard InChI is InChI=1S/C52H30N4O2/c1-5-17-43-33(11-1)37-29-46-38(30-45(37)55(43)51-21-9-15-41(53-51)31-23-25-49-39(27-31)35-13-3-7-19-47(35)57-49)34-12-2-6-18-44(34)56(46)52-22-10-16-42(54-52)32-24-26-50-40(28-32)36-14-4-8-20-48(36)58-50/h1-30H. The summed E-state index contributed by atoms with van der Waals surface area (Å²) in [4.78, 5) is 10.7. The van der Waals surface area contributed by atoms with Crippen LogP contribution in [0.5, 0.6) is 0 Å². The van der Waals surface area contributed by atoms with Gasteiger partial charge in [-0.1, -0.05) is 84.9 Å². The summed E-state index contributed by atoms with van der Waals surface area (Å²) in [6.07, 6.45) is 0. The fraction of sp³-hybridized carbons (Fsp3) is 0. The van der Waals surface area contributed by atoms with Gasteiger partial charge in [-0.25, -0.2) is 9.97 Å². The second-order valence-corrected chi connectivity index (χ2v) is 15.0. The summed E-state index contributed by atoms with van der Waals surface area (Å²) in [6, 6.07) is 63.6. The highest BCUT2D eigenvalue weighted by atomic mass is 16.3. The largest absolute Gasteiger partial charge is 0.456 e. The molecule has 13 aromatic rings. The average molecular weight is 743 g/mol. The number of fused-ring (bicyclic) bond motifs is 12. The second-order valence-electron chi connectivity index (χ2n) is 15.0. The van der Waals surface area contributed by atoms with Gasteiger partial charge in [0.15, 0.2) is 0 Å². The van der Waals surface area contributed by atoms with Crippen LogP contribution in [0, 0.1) is 0 Å². The summed E-state index contributed by atoms with van der Waals surface area (Å²) in [7, 11) is 0. The molecule has 6 nitrogen and oxygen atoms in total. The lowest BCUT2D eigenvalue weighted by molar-refractivity contribution is 0.668. The summed E-state index contributed by atoms with van der Waals surface area (Å²) in [5.41, 5.74) is 11.8. The first-order valence-electron chi connectivity index (χ1n) is 19.5. The van der Waals surface area contributed by atoms with Gasteiger partial charge in [0.25, 0.3) is 0 Å². The van der Waals surface area contributed by atoms with Gasteiger partial charge < -0.3 is 8.83 Å². The van der Waals surface area contributed by atoms with Crippen molar-refractivity contribution in [1.82, 2.24) is 19.1 Å². The lowest BCUT2D eigenvalue weighted by Gasteiger charge is -2.10. The monoisotopic (exact) mass is 742 g/mol. The van der Waals surface area contributed by atoms with Gasteiger partial charge in [0.05, 0.1) is 33.5 Å². The SMILES string of the molecule is c1cc(-c2ccc3oc4ccccc4c3c2)nc(-n2c3ccccc3c3cc4c(cc32)c2ccccc2n4-c2cccc(-c3ccc4oc5ccccc5c4c3)n2)c1. The molecule has 0 aliphatic carbocycles. The molecule has 270 valence electrons. The lowest BCUT2D eigenvalue weighted by Crippen LogP contribution is -1.99. The van der Waals surface area contributed by atoms with Gasteiger partial charge in [-0.15, -0.1) is 0 Å². The van der Waals surface area contributed by atoms with Crippen LogP contribution in [-0.4, -0.2) is 19.1 Å². The van der Waals surface area contributed by atoms with Gasteiger partial charge in [-0.05, 0) is 97.1 Å². The molecule has 0 unspecified atom stereocenters. The van der Waals surface area contributed by atoms with E-state index < -0.39 is 0 Å². The molecule has 58 heavy (non-hydrogen) atoms. The predicted molar refractivity (Wildman–Crippen MR) is 236 cm³/mol. The first-order chi connectivity index (χ1) is 28.7. The van der Waals surface area contributed by atoms with Crippen molar-refractivity contribution in [3.8, 4) is 34.2 Å². The zero-order chi connectivity index (χ0) is 37.9. The number of rotatable bonds is 4. The Balaban J connectivity index is 0.998. The molecule has 0 atom stereocenters. The van der Waals surface area contributed by atoms with E-state index in [0.29, 0.717) is 0 Å². The smallest absolute Gasteiger partial charge is 0.138 e. The van der Waals surface area contributed by atoms with E-state index >= 15 is 0 Å². The summed E-state index contributed by atoms with van der Waals surface area (Å²) in [5, 5.41) is 9.01. The van der Waals surface area contributed by atoms with Crippen LogP contribution in [0.2, 0.25) is 0 Å². The number of hydrogen-bond acceptors (Lipinski definition) is 4. The van der Waals surface area contributed by atoms with Gasteiger partial charge in [0, 0.05) is 54.2 Å². The quantitative estimate of drug-likeness (QED) is 0.180. The molecule has 0 saturated carbocycles. The van der Waals surface area contributed by atoms with E-state index in [1.165, 1.54) is 0 Å². The third kappa shape index (κ3) is 4.48. The summed E-state index contributed by atoms with van der Waals surface area (Å²) < 4.78 is 16.9. The Hall–Kier alpha value is -7.96. The van der Waals surface area contributed by atoms with E-state index in [-0.39, 0.29) is 0 Å². The fourth-order valence-corrected chi connectivity index (χ4v) is 9.11. The molecule has 0 N–H and O–H groups in total. The highest BCUT2D eigenvalue weighted by Crippen LogP contribution is 2.40. The zero-order valence-corrected chi connectivity index (χ0v) is 30.9. The Morgan fingerprint density at radius 2 is 0.707 bits per heavy atom. The first-order valence-corrected chi connectivity index (χ1v) is 19.5. The molecule has 7 aromatic carbocycles. The maximum Gasteiger partial charge on any atom is 0.138 e. The van der Waals surface area contributed by atoms with E-state index in [9.17, 15) is 0 Å². The molecule has 0 bridgehead atoms. The topological polar surface area (TPSA) is 61.9 Å². The number of furan rings is 2. The molecule has 0 aliphatic rings. The molecule has 6 heteroatoms. The maximum atomic E-state index is 6.13. The number of para-hydroxylation sites is 4. The van der Waals surface area contributed by atoms with Crippen LogP contribution < -0.4 is 0 Å². The van der Waals surface area contributed by atoms with E-state index in [1.54, 1.807) is 0 Å². The van der Waals surface area contributed by atoms with Crippen molar-refractivity contribution in [2.45, 2.75) is 0 Å². The summed E-state index contributed by atoms with van der Waals surface area (Å²) in [6.45, 7) is 0. The Morgan fingerprint density at radius 1 is 0.293 bits per heavy atom. The van der Waals surface area contributed by atoms with E-state index in [0.717, 1.165) is 122 Å². The number of pyridine rings is 2. The lowest BCUT2D eigenvalue weighted by atomic mass is 10.1. The highest BCUT2D eigenvalue weighted by Gasteiger charge is 2.20. The molecule has 0 amide bonds. The zero-order valence-electron chi connectivity index (χ0n) is 30.9. The Morgan fingerprint density at radius 3 is 1.19 bits per heavy atom. The van der Waals surface area contributed by atoms with E-state index in [4.69, 9.17) is 18.8 Å². The van der Waals surface area contributed by atoms with Crippen molar-refractivity contribution < 1.29 is 8.83 Å². The van der Waals surface area contributed by atoms with Crippen molar-refractivity contribution in [1.29, 1.82) is 0 Å². The third-order valence-corrected chi connectivity index (χ3v) is 11.7. The molecule has 0 fully saturated rings. The van der Waals surface area contributed by atoms with Gasteiger partial charge in [0.1, 0.15) is 34.0 Å². The van der Waals surface area contributed by atoms with Crippen LogP contribution in [0.3, 0.4) is 0 Å². The van der Waals surface area contributed by atoms with Gasteiger partial charge in [-0.3, -0.25) is 9.13 Å². The highest BCUT2D eigenvalue weighted by molar-refractivity contribution is 6.19. The van der Waals surface area contributed by atoms with Crippen LogP contribution in [0.1, 0.15) is 0 Å². The summed E-state index contributed by atoms with van der Waals surface area (Å²) in [5.74, 6) is 1.72. The molecule has 0 saturated heterocycles. The van der Waals surface area contributed by atoms with Gasteiger partial charge in [0.2, 0.25) is 0 Å². The fourth-order valence-electron chi connectivity index (χ4n) is 9.11. The molecule has 6 aromatic heterocycles. The Bertz CT molecular complexity index is 3570. The van der Waals surface area contributed by atoms with Gasteiger partial charge >= 0.3 is 0 Å². The molecule has 0 aliphatic heterocycles. The molecule has 6 heterocycles. The molecular weight excluding hydrogens is 713 g/mol. The minimum Gasteiger partial charge on any atom is -0.456 e. The van der Waals surface area contributed by atoms with E-state index in [1.807, 2.05) is 24.3 Å². The second kappa shape index (κ2) is 11.8. The van der Waals surface area contributed by atoms with E-state index in [2.05, 4.69) is 167 Å². The Labute approximate surface area is 330 Å². The first kappa shape index (κ1) is 31.3. The minimum atomic E-state index is 0.862. The minimum absolute atomic E-state index is 0.862. The van der Waals surface area contributed by atoms with Crippen molar-refractivity contribution in [3.63, 3.8) is 0 Å². The maximum absolute atomic E-state index is 6.13. The van der Waals surface area contributed by atoms with Crippen molar-refractivity contribution in [2.24, 2.45) is 0 Å². The van der Waals surface area contributed by atoms with Crippen LogP contribution in [-0.2, 0) is 0 Å². The normalized spacial score (nSPS) is 12.1. The van der Waals surface area contributed by atoms with Crippen molar-refractivity contribution in [2.75, 3.05) is 0 Å². The number of nitrogens with zero attached hydrogens (tertiary/aromatic N) is 4.